The molecule has 1 aliphatic rings. The Balaban J connectivity index is 1.87. The van der Waals surface area contributed by atoms with Gasteiger partial charge < -0.3 is 14.6 Å². The first-order valence-corrected chi connectivity index (χ1v) is 7.29. The first-order chi connectivity index (χ1) is 10.2. The monoisotopic (exact) mass is 285 g/mol. The minimum Gasteiger partial charge on any atom is -0.392 e. The molecular formula is C16H19N3O2. The number of rotatable bonds is 5. The minimum atomic E-state index is 0.0154. The number of carbonyl (C=O) groups excluding carboxylic acids is 1. The highest BCUT2D eigenvalue weighted by molar-refractivity contribution is 5.93. The summed E-state index contributed by atoms with van der Waals surface area (Å²) in [6.45, 7) is 3.51. The van der Waals surface area contributed by atoms with Crippen LogP contribution in [-0.2, 0) is 13.3 Å². The molecule has 0 unspecified atom stereocenters. The van der Waals surface area contributed by atoms with Crippen molar-refractivity contribution in [3.63, 3.8) is 0 Å². The van der Waals surface area contributed by atoms with Crippen molar-refractivity contribution in [1.29, 1.82) is 0 Å². The van der Waals surface area contributed by atoms with Crippen molar-refractivity contribution in [3.05, 3.63) is 41.9 Å². The molecule has 0 saturated carbocycles. The van der Waals surface area contributed by atoms with Gasteiger partial charge in [0.1, 0.15) is 0 Å². The van der Waals surface area contributed by atoms with Crippen LogP contribution < -0.4 is 0 Å². The van der Waals surface area contributed by atoms with Gasteiger partial charge in [-0.2, -0.15) is 0 Å². The lowest BCUT2D eigenvalue weighted by molar-refractivity contribution is 0.0764. The number of imidazole rings is 1. The first kappa shape index (κ1) is 13.8. The van der Waals surface area contributed by atoms with E-state index in [1.165, 1.54) is 0 Å². The Morgan fingerprint density at radius 3 is 2.71 bits per heavy atom. The molecule has 0 saturated heterocycles. The average molecular weight is 285 g/mol. The van der Waals surface area contributed by atoms with Gasteiger partial charge in [-0.25, -0.2) is 4.98 Å². The van der Waals surface area contributed by atoms with Crippen molar-refractivity contribution < 1.29 is 9.90 Å². The Labute approximate surface area is 123 Å². The Kier molecular flexibility index (Phi) is 3.75. The number of carbonyl (C=O) groups is 1. The summed E-state index contributed by atoms with van der Waals surface area (Å²) in [4.78, 5) is 18.4. The molecule has 5 heteroatoms. The first-order valence-electron chi connectivity index (χ1n) is 7.29. The normalized spacial score (nSPS) is 13.8. The lowest BCUT2D eigenvalue weighted by Gasteiger charge is -2.15. The number of hydrogen-bond donors (Lipinski definition) is 1. The van der Waals surface area contributed by atoms with Crippen molar-refractivity contribution >= 4 is 5.91 Å². The molecule has 21 heavy (non-hydrogen) atoms. The highest BCUT2D eigenvalue weighted by Crippen LogP contribution is 2.26. The van der Waals surface area contributed by atoms with Gasteiger partial charge in [0.25, 0.3) is 5.91 Å². The van der Waals surface area contributed by atoms with Gasteiger partial charge in [-0.1, -0.05) is 37.6 Å². The standard InChI is InChI=1S/C16H19N3O2/c1-2-3-8-18-11-19-14(9-17-15(19)16(18)21)13-6-4-12(10-20)5-7-13/h4-7,9,20H,2-3,8,10-11H2,1H3. The van der Waals surface area contributed by atoms with E-state index < -0.39 is 0 Å². The number of aliphatic hydroxyl groups is 1. The highest BCUT2D eigenvalue weighted by atomic mass is 16.3. The topological polar surface area (TPSA) is 58.4 Å². The second kappa shape index (κ2) is 5.69. The zero-order chi connectivity index (χ0) is 14.8. The molecule has 2 heterocycles. The highest BCUT2D eigenvalue weighted by Gasteiger charge is 2.30. The molecular weight excluding hydrogens is 266 g/mol. The van der Waals surface area contributed by atoms with Crippen molar-refractivity contribution in [2.24, 2.45) is 0 Å². The molecule has 3 rings (SSSR count). The molecule has 0 aliphatic carbocycles. The van der Waals surface area contributed by atoms with E-state index in [0.29, 0.717) is 12.5 Å². The summed E-state index contributed by atoms with van der Waals surface area (Å²) in [5, 5.41) is 9.10. The van der Waals surface area contributed by atoms with Gasteiger partial charge >= 0.3 is 0 Å². The fourth-order valence-corrected chi connectivity index (χ4v) is 2.60. The molecule has 110 valence electrons. The van der Waals surface area contributed by atoms with Crippen molar-refractivity contribution in [2.75, 3.05) is 6.54 Å². The van der Waals surface area contributed by atoms with Crippen molar-refractivity contribution in [3.8, 4) is 11.3 Å². The van der Waals surface area contributed by atoms with E-state index in [1.807, 2.05) is 33.7 Å². The summed E-state index contributed by atoms with van der Waals surface area (Å²) in [6, 6.07) is 7.69. The predicted octanol–water partition coefficient (Wildman–Crippen LogP) is 2.26. The number of aromatic nitrogens is 2. The van der Waals surface area contributed by atoms with E-state index in [9.17, 15) is 4.79 Å². The fourth-order valence-electron chi connectivity index (χ4n) is 2.60. The van der Waals surface area contributed by atoms with Gasteiger partial charge in [-0.3, -0.25) is 4.79 Å². The van der Waals surface area contributed by atoms with E-state index in [1.54, 1.807) is 6.20 Å². The van der Waals surface area contributed by atoms with Crippen LogP contribution in [0.15, 0.2) is 30.5 Å². The second-order valence-electron chi connectivity index (χ2n) is 5.31. The maximum absolute atomic E-state index is 12.3. The molecule has 0 bridgehead atoms. The van der Waals surface area contributed by atoms with Crippen LogP contribution in [0.5, 0.6) is 0 Å². The summed E-state index contributed by atoms with van der Waals surface area (Å²) in [5.41, 5.74) is 2.83. The number of fused-ring (bicyclic) bond motifs is 1. The molecule has 1 amide bonds. The predicted molar refractivity (Wildman–Crippen MR) is 79.5 cm³/mol. The molecule has 1 N–H and O–H groups in total. The largest absolute Gasteiger partial charge is 0.392 e. The molecule has 1 aliphatic heterocycles. The summed E-state index contributed by atoms with van der Waals surface area (Å²) in [6.07, 6.45) is 3.83. The number of benzene rings is 1. The fraction of sp³-hybridized carbons (Fsp3) is 0.375. The number of unbranched alkanes of at least 4 members (excludes halogenated alkanes) is 1. The third-order valence-electron chi connectivity index (χ3n) is 3.86. The van der Waals surface area contributed by atoms with E-state index in [-0.39, 0.29) is 12.5 Å². The molecule has 1 aromatic heterocycles. The minimum absolute atomic E-state index is 0.0154. The van der Waals surface area contributed by atoms with Crippen LogP contribution >= 0.6 is 0 Å². The smallest absolute Gasteiger partial charge is 0.291 e. The number of aliphatic hydroxyl groups excluding tert-OH is 1. The Hall–Kier alpha value is -2.14. The van der Waals surface area contributed by atoms with Gasteiger partial charge in [-0.15, -0.1) is 0 Å². The summed E-state index contributed by atoms with van der Waals surface area (Å²) in [5.74, 6) is 0.536. The number of nitrogens with zero attached hydrogens (tertiary/aromatic N) is 3. The van der Waals surface area contributed by atoms with Gasteiger partial charge in [0, 0.05) is 6.54 Å². The molecule has 2 aromatic rings. The lowest BCUT2D eigenvalue weighted by atomic mass is 10.1. The van der Waals surface area contributed by atoms with Gasteiger partial charge in [0.2, 0.25) is 5.82 Å². The molecule has 0 atom stereocenters. The lowest BCUT2D eigenvalue weighted by Crippen LogP contribution is -2.25. The maximum Gasteiger partial charge on any atom is 0.291 e. The van der Waals surface area contributed by atoms with Crippen molar-refractivity contribution in [1.82, 2.24) is 14.5 Å². The average Bonchev–Trinajstić information content (AvgIpc) is 3.06. The van der Waals surface area contributed by atoms with Gasteiger partial charge in [0.15, 0.2) is 0 Å². The Bertz CT molecular complexity index is 646. The SMILES string of the molecule is CCCCN1Cn2c(-c3ccc(CO)cc3)cnc2C1=O. The number of amides is 1. The van der Waals surface area contributed by atoms with Gasteiger partial charge in [-0.05, 0) is 17.5 Å². The van der Waals surface area contributed by atoms with Crippen LogP contribution in [0.2, 0.25) is 0 Å². The molecule has 0 spiro atoms. The Morgan fingerprint density at radius 2 is 2.05 bits per heavy atom. The Morgan fingerprint density at radius 1 is 1.29 bits per heavy atom. The molecule has 0 fully saturated rings. The van der Waals surface area contributed by atoms with E-state index in [2.05, 4.69) is 11.9 Å². The quantitative estimate of drug-likeness (QED) is 0.916. The van der Waals surface area contributed by atoms with Crippen LogP contribution in [0.4, 0.5) is 0 Å². The molecule has 1 aromatic carbocycles. The molecule has 0 radical (unpaired) electrons. The van der Waals surface area contributed by atoms with Crippen LogP contribution in [0.25, 0.3) is 11.3 Å². The maximum atomic E-state index is 12.3. The molecule has 5 nitrogen and oxygen atoms in total. The zero-order valence-corrected chi connectivity index (χ0v) is 12.1. The summed E-state index contributed by atoms with van der Waals surface area (Å²) in [7, 11) is 0. The zero-order valence-electron chi connectivity index (χ0n) is 12.1. The van der Waals surface area contributed by atoms with Crippen molar-refractivity contribution in [2.45, 2.75) is 33.0 Å². The summed E-state index contributed by atoms with van der Waals surface area (Å²) >= 11 is 0. The van der Waals surface area contributed by atoms with Crippen LogP contribution in [0.1, 0.15) is 35.9 Å². The van der Waals surface area contributed by atoms with E-state index in [4.69, 9.17) is 5.11 Å². The van der Waals surface area contributed by atoms with Gasteiger partial charge in [0.05, 0.1) is 25.2 Å². The second-order valence-corrected chi connectivity index (χ2v) is 5.31. The third-order valence-corrected chi connectivity index (χ3v) is 3.86. The van der Waals surface area contributed by atoms with Crippen LogP contribution in [0, 0.1) is 0 Å². The summed E-state index contributed by atoms with van der Waals surface area (Å²) < 4.78 is 1.96. The van der Waals surface area contributed by atoms with Crippen LogP contribution in [0.3, 0.4) is 0 Å². The van der Waals surface area contributed by atoms with Crippen LogP contribution in [-0.4, -0.2) is 32.0 Å². The number of hydrogen-bond acceptors (Lipinski definition) is 3. The van der Waals surface area contributed by atoms with E-state index >= 15 is 0 Å². The van der Waals surface area contributed by atoms with E-state index in [0.717, 1.165) is 36.2 Å². The third kappa shape index (κ3) is 2.45.